The second kappa shape index (κ2) is 5.21. The van der Waals surface area contributed by atoms with Gasteiger partial charge in [0.15, 0.2) is 0 Å². The van der Waals surface area contributed by atoms with E-state index >= 15 is 0 Å². The van der Waals surface area contributed by atoms with Crippen LogP contribution in [0.15, 0.2) is 18.2 Å². The molecule has 0 aliphatic carbocycles. The van der Waals surface area contributed by atoms with Crippen LogP contribution in [0.4, 0.5) is 5.69 Å². The van der Waals surface area contributed by atoms with Gasteiger partial charge in [-0.3, -0.25) is 4.79 Å². The van der Waals surface area contributed by atoms with Gasteiger partial charge in [0, 0.05) is 31.4 Å². The molecule has 1 heterocycles. The van der Waals surface area contributed by atoms with Gasteiger partial charge in [-0.25, -0.2) is 0 Å². The molecule has 1 aliphatic heterocycles. The molecule has 0 spiro atoms. The molecule has 16 heavy (non-hydrogen) atoms. The number of rotatable bonds is 2. The normalized spacial score (nSPS) is 12.4. The second-order valence-electron chi connectivity index (χ2n) is 3.87. The highest BCUT2D eigenvalue weighted by molar-refractivity contribution is 5.94. The van der Waals surface area contributed by atoms with Crippen molar-refractivity contribution in [3.05, 3.63) is 29.3 Å². The number of hydrogen-bond acceptors (Lipinski definition) is 2. The fourth-order valence-corrected chi connectivity index (χ4v) is 1.80. The highest BCUT2D eigenvalue weighted by Crippen LogP contribution is 2.23. The van der Waals surface area contributed by atoms with Crippen molar-refractivity contribution in [2.75, 3.05) is 25.5 Å². The van der Waals surface area contributed by atoms with E-state index in [-0.39, 0.29) is 18.3 Å². The van der Waals surface area contributed by atoms with E-state index in [0.717, 1.165) is 25.1 Å². The predicted octanol–water partition coefficient (Wildman–Crippen LogP) is 2.17. The van der Waals surface area contributed by atoms with Gasteiger partial charge in [0.25, 0.3) is 5.91 Å². The van der Waals surface area contributed by atoms with E-state index < -0.39 is 0 Å². The molecule has 0 atom stereocenters. The number of anilines is 1. The molecule has 1 aromatic rings. The fraction of sp³-hybridized carbons (Fsp3) is 0.417. The summed E-state index contributed by atoms with van der Waals surface area (Å²) >= 11 is 0. The first-order valence-electron chi connectivity index (χ1n) is 5.34. The summed E-state index contributed by atoms with van der Waals surface area (Å²) in [5.41, 5.74) is 3.22. The zero-order valence-electron chi connectivity index (χ0n) is 9.62. The average molecular weight is 241 g/mol. The maximum Gasteiger partial charge on any atom is 0.253 e. The van der Waals surface area contributed by atoms with Gasteiger partial charge in [-0.05, 0) is 37.1 Å². The Hall–Kier alpha value is -1.22. The van der Waals surface area contributed by atoms with Crippen LogP contribution in [0.5, 0.6) is 0 Å². The van der Waals surface area contributed by atoms with Gasteiger partial charge in [0.1, 0.15) is 0 Å². The summed E-state index contributed by atoms with van der Waals surface area (Å²) in [7, 11) is 1.83. The van der Waals surface area contributed by atoms with E-state index in [1.54, 1.807) is 4.90 Å². The summed E-state index contributed by atoms with van der Waals surface area (Å²) < 4.78 is 0. The van der Waals surface area contributed by atoms with Crippen LogP contribution in [0.25, 0.3) is 0 Å². The fourth-order valence-electron chi connectivity index (χ4n) is 1.80. The molecule has 88 valence electrons. The molecule has 0 bridgehead atoms. The van der Waals surface area contributed by atoms with Crippen molar-refractivity contribution in [3.63, 3.8) is 0 Å². The Morgan fingerprint density at radius 1 is 1.50 bits per heavy atom. The van der Waals surface area contributed by atoms with Crippen LogP contribution in [-0.4, -0.2) is 30.9 Å². The van der Waals surface area contributed by atoms with Crippen molar-refractivity contribution < 1.29 is 4.79 Å². The molecule has 1 amide bonds. The number of carbonyl (C=O) groups excluding carboxylic acids is 1. The second-order valence-corrected chi connectivity index (χ2v) is 3.87. The zero-order chi connectivity index (χ0) is 10.8. The maximum atomic E-state index is 11.9. The average Bonchev–Trinajstić information content (AvgIpc) is 2.73. The molecule has 1 aromatic carbocycles. The van der Waals surface area contributed by atoms with Crippen molar-refractivity contribution in [1.82, 2.24) is 4.90 Å². The van der Waals surface area contributed by atoms with E-state index in [2.05, 4.69) is 5.32 Å². The standard InChI is InChI=1S/C12H16N2O.ClH/c1-3-14(2)12(15)10-4-5-11-9(8-10)6-7-13-11;/h4-5,8,13H,3,6-7H2,1-2H3;1H. The van der Waals surface area contributed by atoms with Gasteiger partial charge in [-0.2, -0.15) is 0 Å². The lowest BCUT2D eigenvalue weighted by Gasteiger charge is -2.14. The molecule has 0 fully saturated rings. The van der Waals surface area contributed by atoms with E-state index in [4.69, 9.17) is 0 Å². The minimum absolute atomic E-state index is 0. The Morgan fingerprint density at radius 2 is 2.25 bits per heavy atom. The largest absolute Gasteiger partial charge is 0.384 e. The quantitative estimate of drug-likeness (QED) is 0.859. The first-order valence-corrected chi connectivity index (χ1v) is 5.34. The van der Waals surface area contributed by atoms with E-state index in [1.807, 2.05) is 32.2 Å². The van der Waals surface area contributed by atoms with Crippen molar-refractivity contribution in [2.45, 2.75) is 13.3 Å². The van der Waals surface area contributed by atoms with Gasteiger partial charge in [0.2, 0.25) is 0 Å². The summed E-state index contributed by atoms with van der Waals surface area (Å²) in [6.07, 6.45) is 1.02. The van der Waals surface area contributed by atoms with Crippen LogP contribution in [0.1, 0.15) is 22.8 Å². The zero-order valence-corrected chi connectivity index (χ0v) is 10.4. The number of halogens is 1. The number of nitrogens with one attached hydrogen (secondary N) is 1. The third-order valence-electron chi connectivity index (χ3n) is 2.88. The highest BCUT2D eigenvalue weighted by atomic mass is 35.5. The molecule has 4 heteroatoms. The van der Waals surface area contributed by atoms with E-state index in [0.29, 0.717) is 0 Å². The van der Waals surface area contributed by atoms with Gasteiger partial charge < -0.3 is 10.2 Å². The van der Waals surface area contributed by atoms with Gasteiger partial charge in [-0.1, -0.05) is 0 Å². The third-order valence-corrected chi connectivity index (χ3v) is 2.88. The minimum Gasteiger partial charge on any atom is -0.384 e. The molecule has 2 rings (SSSR count). The van der Waals surface area contributed by atoms with Crippen LogP contribution in [0.2, 0.25) is 0 Å². The summed E-state index contributed by atoms with van der Waals surface area (Å²) in [5, 5.41) is 3.28. The lowest BCUT2D eigenvalue weighted by molar-refractivity contribution is 0.0802. The lowest BCUT2D eigenvalue weighted by atomic mass is 10.1. The number of amides is 1. The Bertz CT molecular complexity index is 393. The summed E-state index contributed by atoms with van der Waals surface area (Å²) in [5.74, 6) is 0.104. The number of nitrogens with zero attached hydrogens (tertiary/aromatic N) is 1. The molecule has 0 saturated carbocycles. The first kappa shape index (κ1) is 12.8. The van der Waals surface area contributed by atoms with E-state index in [9.17, 15) is 4.79 Å². The number of hydrogen-bond donors (Lipinski definition) is 1. The van der Waals surface area contributed by atoms with Crippen molar-refractivity contribution in [3.8, 4) is 0 Å². The molecule has 1 aliphatic rings. The van der Waals surface area contributed by atoms with Crippen LogP contribution >= 0.6 is 12.4 Å². The van der Waals surface area contributed by atoms with Crippen LogP contribution in [0, 0.1) is 0 Å². The minimum atomic E-state index is 0. The third kappa shape index (κ3) is 2.30. The summed E-state index contributed by atoms with van der Waals surface area (Å²) in [4.78, 5) is 13.6. The van der Waals surface area contributed by atoms with Gasteiger partial charge in [-0.15, -0.1) is 12.4 Å². The van der Waals surface area contributed by atoms with Crippen LogP contribution in [-0.2, 0) is 6.42 Å². The number of carbonyl (C=O) groups is 1. The summed E-state index contributed by atoms with van der Waals surface area (Å²) in [6, 6.07) is 5.90. The smallest absolute Gasteiger partial charge is 0.253 e. The van der Waals surface area contributed by atoms with Gasteiger partial charge in [0.05, 0.1) is 0 Å². The van der Waals surface area contributed by atoms with Crippen LogP contribution in [0.3, 0.4) is 0 Å². The van der Waals surface area contributed by atoms with Crippen molar-refractivity contribution >= 4 is 24.0 Å². The molecule has 0 saturated heterocycles. The lowest BCUT2D eigenvalue weighted by Crippen LogP contribution is -2.26. The van der Waals surface area contributed by atoms with Gasteiger partial charge >= 0.3 is 0 Å². The monoisotopic (exact) mass is 240 g/mol. The molecule has 0 aromatic heterocycles. The number of fused-ring (bicyclic) bond motifs is 1. The molecular formula is C12H17ClN2O. The van der Waals surface area contributed by atoms with E-state index in [1.165, 1.54) is 11.3 Å². The van der Waals surface area contributed by atoms with Crippen molar-refractivity contribution in [2.24, 2.45) is 0 Å². The molecule has 1 N–H and O–H groups in total. The Labute approximate surface area is 102 Å². The highest BCUT2D eigenvalue weighted by Gasteiger charge is 2.14. The topological polar surface area (TPSA) is 32.3 Å². The van der Waals surface area contributed by atoms with Crippen LogP contribution < -0.4 is 5.32 Å². The molecule has 0 unspecified atom stereocenters. The van der Waals surface area contributed by atoms with Crippen molar-refractivity contribution in [1.29, 1.82) is 0 Å². The predicted molar refractivity (Wildman–Crippen MR) is 68.5 cm³/mol. The molecule has 3 nitrogen and oxygen atoms in total. The first-order chi connectivity index (χ1) is 7.22. The molecule has 0 radical (unpaired) electrons. The Kier molecular flexibility index (Phi) is 4.19. The molecular weight excluding hydrogens is 224 g/mol. The summed E-state index contributed by atoms with van der Waals surface area (Å²) in [6.45, 7) is 3.71. The maximum absolute atomic E-state index is 11.9. The number of benzene rings is 1. The SMILES string of the molecule is CCN(C)C(=O)c1ccc2c(c1)CCN2.Cl. The Balaban J connectivity index is 0.00000128. The Morgan fingerprint density at radius 3 is 2.94 bits per heavy atom.